The molecule has 0 aromatic carbocycles. The largest absolute Gasteiger partial charge is 0.396 e. The van der Waals surface area contributed by atoms with Gasteiger partial charge in [0.2, 0.25) is 0 Å². The van der Waals surface area contributed by atoms with Gasteiger partial charge in [-0.05, 0) is 12.8 Å². The summed E-state index contributed by atoms with van der Waals surface area (Å²) in [5, 5.41) is 12.7. The standard InChI is InChI=1S/C8H15N3O/c1-2-5-11-8(4-3-6-12)9-7-10-11/h7,12H,2-6H2,1H3. The van der Waals surface area contributed by atoms with Crippen LogP contribution in [0.5, 0.6) is 0 Å². The quantitative estimate of drug-likeness (QED) is 0.702. The van der Waals surface area contributed by atoms with Crippen molar-refractivity contribution in [2.45, 2.75) is 32.7 Å². The van der Waals surface area contributed by atoms with Gasteiger partial charge in [0.05, 0.1) is 0 Å². The number of aromatic nitrogens is 3. The van der Waals surface area contributed by atoms with Crippen molar-refractivity contribution in [3.8, 4) is 0 Å². The van der Waals surface area contributed by atoms with E-state index in [-0.39, 0.29) is 6.61 Å². The predicted molar refractivity (Wildman–Crippen MR) is 45.7 cm³/mol. The van der Waals surface area contributed by atoms with Gasteiger partial charge in [0.15, 0.2) is 0 Å². The van der Waals surface area contributed by atoms with E-state index in [0.29, 0.717) is 0 Å². The van der Waals surface area contributed by atoms with Crippen molar-refractivity contribution in [2.75, 3.05) is 6.61 Å². The van der Waals surface area contributed by atoms with Crippen LogP contribution in [0.1, 0.15) is 25.6 Å². The molecule has 4 nitrogen and oxygen atoms in total. The molecule has 0 spiro atoms. The van der Waals surface area contributed by atoms with Crippen molar-refractivity contribution < 1.29 is 5.11 Å². The Kier molecular flexibility index (Phi) is 3.73. The molecule has 1 aromatic heterocycles. The van der Waals surface area contributed by atoms with Gasteiger partial charge in [0.25, 0.3) is 0 Å². The van der Waals surface area contributed by atoms with Crippen LogP contribution in [0.25, 0.3) is 0 Å². The lowest BCUT2D eigenvalue weighted by molar-refractivity contribution is 0.286. The molecular weight excluding hydrogens is 154 g/mol. The molecule has 0 atom stereocenters. The van der Waals surface area contributed by atoms with E-state index in [2.05, 4.69) is 17.0 Å². The summed E-state index contributed by atoms with van der Waals surface area (Å²) in [4.78, 5) is 4.11. The number of hydrogen-bond acceptors (Lipinski definition) is 3. The first-order valence-electron chi connectivity index (χ1n) is 4.36. The Morgan fingerprint density at radius 2 is 2.42 bits per heavy atom. The van der Waals surface area contributed by atoms with E-state index in [9.17, 15) is 0 Å². The molecule has 0 fully saturated rings. The molecule has 4 heteroatoms. The van der Waals surface area contributed by atoms with Gasteiger partial charge in [0, 0.05) is 19.6 Å². The van der Waals surface area contributed by atoms with Gasteiger partial charge in [-0.3, -0.25) is 4.68 Å². The summed E-state index contributed by atoms with van der Waals surface area (Å²) in [7, 11) is 0. The minimum atomic E-state index is 0.221. The molecule has 1 aromatic rings. The Morgan fingerprint density at radius 3 is 3.08 bits per heavy atom. The van der Waals surface area contributed by atoms with Crippen LogP contribution >= 0.6 is 0 Å². The Morgan fingerprint density at radius 1 is 1.58 bits per heavy atom. The maximum atomic E-state index is 8.63. The van der Waals surface area contributed by atoms with Gasteiger partial charge in [-0.25, -0.2) is 4.98 Å². The summed E-state index contributed by atoms with van der Waals surface area (Å²) >= 11 is 0. The number of nitrogens with zero attached hydrogens (tertiary/aromatic N) is 3. The Bertz CT molecular complexity index is 222. The topological polar surface area (TPSA) is 50.9 Å². The molecule has 1 rings (SSSR count). The van der Waals surface area contributed by atoms with Gasteiger partial charge >= 0.3 is 0 Å². The van der Waals surface area contributed by atoms with E-state index in [4.69, 9.17) is 5.11 Å². The normalized spacial score (nSPS) is 10.5. The fraction of sp³-hybridized carbons (Fsp3) is 0.750. The van der Waals surface area contributed by atoms with Crippen molar-refractivity contribution in [2.24, 2.45) is 0 Å². The average molecular weight is 169 g/mol. The Labute approximate surface area is 72.2 Å². The minimum absolute atomic E-state index is 0.221. The van der Waals surface area contributed by atoms with Crippen LogP contribution in [0.2, 0.25) is 0 Å². The Hall–Kier alpha value is -0.900. The molecule has 1 N–H and O–H groups in total. The van der Waals surface area contributed by atoms with Gasteiger partial charge in [0.1, 0.15) is 12.2 Å². The average Bonchev–Trinajstić information content (AvgIpc) is 2.50. The lowest BCUT2D eigenvalue weighted by Crippen LogP contribution is -2.05. The summed E-state index contributed by atoms with van der Waals surface area (Å²) in [6, 6.07) is 0. The first-order valence-corrected chi connectivity index (χ1v) is 4.36. The number of aryl methyl sites for hydroxylation is 2. The molecule has 0 saturated heterocycles. The summed E-state index contributed by atoms with van der Waals surface area (Å²) in [5.74, 6) is 0.978. The van der Waals surface area contributed by atoms with Gasteiger partial charge in [-0.15, -0.1) is 0 Å². The number of rotatable bonds is 5. The molecule has 68 valence electrons. The molecule has 0 amide bonds. The highest BCUT2D eigenvalue weighted by atomic mass is 16.2. The third-order valence-electron chi connectivity index (χ3n) is 1.69. The second-order valence-corrected chi connectivity index (χ2v) is 2.73. The van der Waals surface area contributed by atoms with Crippen molar-refractivity contribution in [3.63, 3.8) is 0 Å². The highest BCUT2D eigenvalue weighted by molar-refractivity contribution is 4.84. The molecule has 0 aliphatic heterocycles. The second kappa shape index (κ2) is 4.87. The zero-order valence-electron chi connectivity index (χ0n) is 7.40. The van der Waals surface area contributed by atoms with E-state index in [1.54, 1.807) is 6.33 Å². The SMILES string of the molecule is CCCn1ncnc1CCCO. The van der Waals surface area contributed by atoms with E-state index in [0.717, 1.165) is 31.6 Å². The second-order valence-electron chi connectivity index (χ2n) is 2.73. The molecule has 0 radical (unpaired) electrons. The first-order chi connectivity index (χ1) is 5.88. The fourth-order valence-electron chi connectivity index (χ4n) is 1.12. The third kappa shape index (κ3) is 2.30. The van der Waals surface area contributed by atoms with Crippen LogP contribution in [0.3, 0.4) is 0 Å². The molecule has 0 bridgehead atoms. The lowest BCUT2D eigenvalue weighted by Gasteiger charge is -2.02. The highest BCUT2D eigenvalue weighted by Crippen LogP contribution is 1.99. The zero-order chi connectivity index (χ0) is 8.81. The molecule has 12 heavy (non-hydrogen) atoms. The van der Waals surface area contributed by atoms with Crippen LogP contribution in [-0.2, 0) is 13.0 Å². The van der Waals surface area contributed by atoms with E-state index >= 15 is 0 Å². The summed E-state index contributed by atoms with van der Waals surface area (Å²) in [5.41, 5.74) is 0. The predicted octanol–water partition coefficient (Wildman–Crippen LogP) is 0.613. The van der Waals surface area contributed by atoms with Crippen LogP contribution < -0.4 is 0 Å². The number of aliphatic hydroxyl groups is 1. The van der Waals surface area contributed by atoms with Crippen molar-refractivity contribution in [1.29, 1.82) is 0 Å². The molecule has 0 saturated carbocycles. The summed E-state index contributed by atoms with van der Waals surface area (Å²) in [6.07, 6.45) is 4.22. The molecule has 0 aliphatic rings. The van der Waals surface area contributed by atoms with E-state index in [1.165, 1.54) is 0 Å². The van der Waals surface area contributed by atoms with Gasteiger partial charge in [-0.2, -0.15) is 5.10 Å². The number of aliphatic hydroxyl groups excluding tert-OH is 1. The van der Waals surface area contributed by atoms with Crippen LogP contribution in [0.15, 0.2) is 6.33 Å². The number of hydrogen-bond donors (Lipinski definition) is 1. The van der Waals surface area contributed by atoms with Crippen LogP contribution in [0.4, 0.5) is 0 Å². The maximum Gasteiger partial charge on any atom is 0.138 e. The van der Waals surface area contributed by atoms with Crippen LogP contribution in [0, 0.1) is 0 Å². The fourth-order valence-corrected chi connectivity index (χ4v) is 1.12. The van der Waals surface area contributed by atoms with E-state index in [1.807, 2.05) is 4.68 Å². The molecular formula is C8H15N3O. The summed E-state index contributed by atoms with van der Waals surface area (Å²) < 4.78 is 1.90. The summed E-state index contributed by atoms with van der Waals surface area (Å²) in [6.45, 7) is 3.25. The van der Waals surface area contributed by atoms with Crippen molar-refractivity contribution >= 4 is 0 Å². The monoisotopic (exact) mass is 169 g/mol. The highest BCUT2D eigenvalue weighted by Gasteiger charge is 2.01. The van der Waals surface area contributed by atoms with Gasteiger partial charge < -0.3 is 5.11 Å². The molecule has 1 heterocycles. The first kappa shape index (κ1) is 9.19. The Balaban J connectivity index is 2.51. The smallest absolute Gasteiger partial charge is 0.138 e. The zero-order valence-corrected chi connectivity index (χ0v) is 7.40. The minimum Gasteiger partial charge on any atom is -0.396 e. The van der Waals surface area contributed by atoms with Crippen molar-refractivity contribution in [1.82, 2.24) is 14.8 Å². The van der Waals surface area contributed by atoms with E-state index < -0.39 is 0 Å². The van der Waals surface area contributed by atoms with Gasteiger partial charge in [-0.1, -0.05) is 6.92 Å². The maximum absolute atomic E-state index is 8.63. The molecule has 0 aliphatic carbocycles. The third-order valence-corrected chi connectivity index (χ3v) is 1.69. The van der Waals surface area contributed by atoms with Crippen molar-refractivity contribution in [3.05, 3.63) is 12.2 Å². The lowest BCUT2D eigenvalue weighted by atomic mass is 10.3. The van der Waals surface area contributed by atoms with Crippen LogP contribution in [-0.4, -0.2) is 26.5 Å². The molecule has 0 unspecified atom stereocenters.